The Hall–Kier alpha value is -4.96. The highest BCUT2D eigenvalue weighted by atomic mass is 14.9. The second-order valence-electron chi connectivity index (χ2n) is 18.9. The molecule has 2 heterocycles. The maximum atomic E-state index is 5.44. The molecule has 4 nitrogen and oxygen atoms in total. The monoisotopic (exact) mass is 790 g/mol. The van der Waals surface area contributed by atoms with Crippen molar-refractivity contribution in [2.24, 2.45) is 0 Å². The van der Waals surface area contributed by atoms with Crippen molar-refractivity contribution in [3.05, 3.63) is 132 Å². The third kappa shape index (κ3) is 8.90. The van der Waals surface area contributed by atoms with Gasteiger partial charge in [0.05, 0.1) is 11.4 Å². The summed E-state index contributed by atoms with van der Waals surface area (Å²) in [5, 5.41) is 0. The number of aromatic nitrogens is 4. The summed E-state index contributed by atoms with van der Waals surface area (Å²) in [6, 6.07) is 35.5. The minimum absolute atomic E-state index is 0.641. The third-order valence-corrected chi connectivity index (χ3v) is 14.8. The molecule has 0 amide bonds. The van der Waals surface area contributed by atoms with Crippen LogP contribution in [0, 0.1) is 0 Å². The molecule has 4 aliphatic rings. The summed E-state index contributed by atoms with van der Waals surface area (Å²) < 4.78 is 0. The second-order valence-corrected chi connectivity index (χ2v) is 18.9. The van der Waals surface area contributed by atoms with Gasteiger partial charge >= 0.3 is 0 Å². The van der Waals surface area contributed by atoms with Gasteiger partial charge in [0.1, 0.15) is 6.33 Å². The summed E-state index contributed by atoms with van der Waals surface area (Å²) in [6.45, 7) is 0. The molecule has 10 rings (SSSR count). The molecule has 0 aliphatic heterocycles. The molecule has 0 unspecified atom stereocenters. The molecule has 4 saturated carbocycles. The van der Waals surface area contributed by atoms with E-state index in [4.69, 9.17) is 9.97 Å². The van der Waals surface area contributed by atoms with E-state index >= 15 is 0 Å². The summed E-state index contributed by atoms with van der Waals surface area (Å²) in [6.07, 6.45) is 32.1. The molecule has 0 spiro atoms. The standard InChI is InChI=1S/C56H62N4/c1-5-13-39(14-6-1)43-21-25-45(26-22-43)54-35-55(46-27-23-44(24-28-46)40-15-7-2-8-16-40)60-56(59-54)52-33-50(32-51(34-52)53-36-57-38-58-37-53)49-30-47(41-17-9-3-10-18-41)29-48(31-49)42-19-11-4-12-20-42/h21-42H,1-20H2. The highest BCUT2D eigenvalue weighted by molar-refractivity contribution is 5.81. The molecule has 306 valence electrons. The van der Waals surface area contributed by atoms with E-state index in [1.807, 2.05) is 12.4 Å². The Labute approximate surface area is 358 Å². The first-order chi connectivity index (χ1) is 29.7. The average molecular weight is 791 g/mol. The molecule has 4 aliphatic carbocycles. The van der Waals surface area contributed by atoms with E-state index in [2.05, 4.69) is 101 Å². The first-order valence-corrected chi connectivity index (χ1v) is 23.9. The Kier molecular flexibility index (Phi) is 12.0. The van der Waals surface area contributed by atoms with Crippen LogP contribution in [0.2, 0.25) is 0 Å². The number of hydrogen-bond acceptors (Lipinski definition) is 4. The largest absolute Gasteiger partial charge is 0.244 e. The molecule has 2 aromatic heterocycles. The van der Waals surface area contributed by atoms with E-state index in [1.165, 1.54) is 162 Å². The minimum atomic E-state index is 0.641. The van der Waals surface area contributed by atoms with E-state index in [0.29, 0.717) is 23.7 Å². The summed E-state index contributed by atoms with van der Waals surface area (Å²) >= 11 is 0. The fourth-order valence-electron chi connectivity index (χ4n) is 11.3. The number of hydrogen-bond donors (Lipinski definition) is 0. The number of nitrogens with zero attached hydrogens (tertiary/aromatic N) is 4. The zero-order valence-electron chi connectivity index (χ0n) is 35.6. The highest BCUT2D eigenvalue weighted by Gasteiger charge is 2.23. The van der Waals surface area contributed by atoms with Gasteiger partial charge in [0.15, 0.2) is 5.82 Å². The van der Waals surface area contributed by atoms with Gasteiger partial charge in [-0.2, -0.15) is 0 Å². The Morgan fingerprint density at radius 1 is 0.300 bits per heavy atom. The summed E-state index contributed by atoms with van der Waals surface area (Å²) in [4.78, 5) is 19.8. The summed E-state index contributed by atoms with van der Waals surface area (Å²) in [5.41, 5.74) is 15.9. The van der Waals surface area contributed by atoms with E-state index in [0.717, 1.165) is 45.0 Å². The Bertz CT molecular complexity index is 2220. The van der Waals surface area contributed by atoms with E-state index in [9.17, 15) is 0 Å². The van der Waals surface area contributed by atoms with Crippen LogP contribution in [-0.2, 0) is 0 Å². The maximum Gasteiger partial charge on any atom is 0.160 e. The van der Waals surface area contributed by atoms with Crippen LogP contribution in [0.3, 0.4) is 0 Å². The molecule has 4 heteroatoms. The average Bonchev–Trinajstić information content (AvgIpc) is 3.35. The van der Waals surface area contributed by atoms with Gasteiger partial charge in [0.25, 0.3) is 0 Å². The smallest absolute Gasteiger partial charge is 0.160 e. The van der Waals surface area contributed by atoms with Gasteiger partial charge in [-0.3, -0.25) is 0 Å². The fraction of sp³-hybridized carbons (Fsp3) is 0.429. The highest BCUT2D eigenvalue weighted by Crippen LogP contribution is 2.42. The van der Waals surface area contributed by atoms with Crippen LogP contribution in [0.1, 0.15) is 174 Å². The maximum absolute atomic E-state index is 5.44. The number of benzene rings is 4. The van der Waals surface area contributed by atoms with E-state index < -0.39 is 0 Å². The molecule has 4 aromatic carbocycles. The normalized spacial score (nSPS) is 18.7. The van der Waals surface area contributed by atoms with Gasteiger partial charge < -0.3 is 0 Å². The topological polar surface area (TPSA) is 51.6 Å². The first-order valence-electron chi connectivity index (χ1n) is 23.9. The SMILES string of the molecule is c1ncc(-c2cc(-c3cc(C4CCCCC4)cc(C4CCCCC4)c3)cc(-c3nc(-c4ccc(C5CCCCC5)cc4)cc(-c4ccc(C5CCCCC5)cc4)n3)c2)cn1. The third-order valence-electron chi connectivity index (χ3n) is 14.8. The van der Waals surface area contributed by atoms with Crippen molar-refractivity contribution in [2.75, 3.05) is 0 Å². The molecule has 4 fully saturated rings. The van der Waals surface area contributed by atoms with Gasteiger partial charge in [0.2, 0.25) is 0 Å². The van der Waals surface area contributed by atoms with Crippen molar-refractivity contribution in [3.63, 3.8) is 0 Å². The Morgan fingerprint density at radius 3 is 1.10 bits per heavy atom. The van der Waals surface area contributed by atoms with Crippen molar-refractivity contribution in [1.29, 1.82) is 0 Å². The lowest BCUT2D eigenvalue weighted by atomic mass is 9.78. The summed E-state index contributed by atoms with van der Waals surface area (Å²) in [7, 11) is 0. The van der Waals surface area contributed by atoms with Gasteiger partial charge in [-0.15, -0.1) is 0 Å². The van der Waals surface area contributed by atoms with Gasteiger partial charge in [-0.1, -0.05) is 144 Å². The van der Waals surface area contributed by atoms with Crippen LogP contribution in [0.15, 0.2) is 110 Å². The minimum Gasteiger partial charge on any atom is -0.244 e. The van der Waals surface area contributed by atoms with Crippen LogP contribution >= 0.6 is 0 Å². The molecule has 0 bridgehead atoms. The Balaban J connectivity index is 1.10. The Morgan fingerprint density at radius 2 is 0.667 bits per heavy atom. The lowest BCUT2D eigenvalue weighted by molar-refractivity contribution is 0.435. The van der Waals surface area contributed by atoms with Crippen LogP contribution in [0.4, 0.5) is 0 Å². The van der Waals surface area contributed by atoms with E-state index in [1.54, 1.807) is 6.33 Å². The zero-order valence-corrected chi connectivity index (χ0v) is 35.6. The van der Waals surface area contributed by atoms with Crippen LogP contribution in [0.5, 0.6) is 0 Å². The van der Waals surface area contributed by atoms with E-state index in [-0.39, 0.29) is 0 Å². The van der Waals surface area contributed by atoms with Crippen LogP contribution < -0.4 is 0 Å². The van der Waals surface area contributed by atoms with Gasteiger partial charge in [-0.25, -0.2) is 19.9 Å². The molecule has 0 saturated heterocycles. The lowest BCUT2D eigenvalue weighted by Gasteiger charge is -2.27. The van der Waals surface area contributed by atoms with Crippen LogP contribution in [-0.4, -0.2) is 19.9 Å². The van der Waals surface area contributed by atoms with Gasteiger partial charge in [-0.05, 0) is 138 Å². The predicted molar refractivity (Wildman–Crippen MR) is 248 cm³/mol. The van der Waals surface area contributed by atoms with Crippen molar-refractivity contribution in [3.8, 4) is 56.2 Å². The van der Waals surface area contributed by atoms with Gasteiger partial charge in [0, 0.05) is 34.6 Å². The van der Waals surface area contributed by atoms with Crippen molar-refractivity contribution in [1.82, 2.24) is 19.9 Å². The molecule has 0 N–H and O–H groups in total. The molecule has 6 aromatic rings. The van der Waals surface area contributed by atoms with Crippen molar-refractivity contribution in [2.45, 2.75) is 152 Å². The summed E-state index contributed by atoms with van der Waals surface area (Å²) in [5.74, 6) is 3.38. The fourth-order valence-corrected chi connectivity index (χ4v) is 11.3. The molecule has 0 radical (unpaired) electrons. The predicted octanol–water partition coefficient (Wildman–Crippen LogP) is 15.8. The van der Waals surface area contributed by atoms with Crippen molar-refractivity contribution < 1.29 is 0 Å². The zero-order chi connectivity index (χ0) is 40.1. The molecular formula is C56H62N4. The first kappa shape index (κ1) is 39.2. The van der Waals surface area contributed by atoms with Crippen LogP contribution in [0.25, 0.3) is 56.2 Å². The molecule has 0 atom stereocenters. The molecular weight excluding hydrogens is 729 g/mol. The molecule has 60 heavy (non-hydrogen) atoms. The van der Waals surface area contributed by atoms with Crippen molar-refractivity contribution >= 4 is 0 Å². The lowest BCUT2D eigenvalue weighted by Crippen LogP contribution is -2.08. The second kappa shape index (κ2) is 18.3. The quantitative estimate of drug-likeness (QED) is 0.146. The number of rotatable bonds is 9.